The van der Waals surface area contributed by atoms with E-state index in [1.165, 1.54) is 0 Å². The van der Waals surface area contributed by atoms with Gasteiger partial charge in [-0.2, -0.15) is 5.26 Å². The summed E-state index contributed by atoms with van der Waals surface area (Å²) in [7, 11) is 0. The number of anilines is 2. The molecule has 0 fully saturated rings. The lowest BCUT2D eigenvalue weighted by Crippen LogP contribution is -2.23. The Morgan fingerprint density at radius 2 is 2.00 bits per heavy atom. The third kappa shape index (κ3) is 4.07. The normalized spacial score (nSPS) is 10.0. The summed E-state index contributed by atoms with van der Waals surface area (Å²) in [5, 5.41) is 15.2. The second kappa shape index (κ2) is 7.41. The van der Waals surface area contributed by atoms with Gasteiger partial charge in [-0.25, -0.2) is 0 Å². The van der Waals surface area contributed by atoms with E-state index in [0.717, 1.165) is 23.4 Å². The molecule has 0 saturated carbocycles. The number of aromatic nitrogens is 1. The second-order valence-corrected chi connectivity index (χ2v) is 5.30. The van der Waals surface area contributed by atoms with Crippen molar-refractivity contribution in [1.82, 2.24) is 4.98 Å². The van der Waals surface area contributed by atoms with Gasteiger partial charge in [-0.3, -0.25) is 9.78 Å². The number of para-hydroxylation sites is 1. The number of nitrogens with one attached hydrogen (secondary N) is 2. The fourth-order valence-corrected chi connectivity index (χ4v) is 2.43. The van der Waals surface area contributed by atoms with Crippen molar-refractivity contribution in [1.29, 1.82) is 5.26 Å². The van der Waals surface area contributed by atoms with Gasteiger partial charge < -0.3 is 10.6 Å². The summed E-state index contributed by atoms with van der Waals surface area (Å²) >= 11 is 0. The standard InChI is InChI=1S/C18H20N4O/c1-4-14-7-5-6-8-16(14)22-18(23)11-20-17-9-12(2)21-13(3)15(17)10-19/h5-9H,4,11H2,1-3H3,(H,20,21)(H,22,23). The van der Waals surface area contributed by atoms with Crippen LogP contribution in [0.4, 0.5) is 11.4 Å². The molecule has 1 heterocycles. The van der Waals surface area contributed by atoms with Crippen LogP contribution in [0.2, 0.25) is 0 Å². The topological polar surface area (TPSA) is 77.8 Å². The van der Waals surface area contributed by atoms with Crippen LogP contribution in [0.15, 0.2) is 30.3 Å². The van der Waals surface area contributed by atoms with Gasteiger partial charge in [-0.1, -0.05) is 25.1 Å². The maximum atomic E-state index is 12.2. The van der Waals surface area contributed by atoms with Crippen LogP contribution in [-0.2, 0) is 11.2 Å². The number of benzene rings is 1. The van der Waals surface area contributed by atoms with Gasteiger partial charge in [0.15, 0.2) is 0 Å². The molecule has 2 aromatic rings. The van der Waals surface area contributed by atoms with E-state index < -0.39 is 0 Å². The smallest absolute Gasteiger partial charge is 0.243 e. The van der Waals surface area contributed by atoms with Crippen molar-refractivity contribution in [3.8, 4) is 6.07 Å². The molecule has 0 radical (unpaired) electrons. The van der Waals surface area contributed by atoms with Crippen LogP contribution in [0.25, 0.3) is 0 Å². The van der Waals surface area contributed by atoms with Gasteiger partial charge in [0.05, 0.1) is 23.5 Å². The highest BCUT2D eigenvalue weighted by atomic mass is 16.1. The largest absolute Gasteiger partial charge is 0.375 e. The zero-order chi connectivity index (χ0) is 16.8. The van der Waals surface area contributed by atoms with Gasteiger partial charge in [0.1, 0.15) is 6.07 Å². The first-order valence-electron chi connectivity index (χ1n) is 7.55. The molecule has 0 unspecified atom stereocenters. The minimum absolute atomic E-state index is 0.0929. The molecule has 23 heavy (non-hydrogen) atoms. The molecular formula is C18H20N4O. The molecular weight excluding hydrogens is 288 g/mol. The number of pyridine rings is 1. The summed E-state index contributed by atoms with van der Waals surface area (Å²) < 4.78 is 0. The predicted octanol–water partition coefficient (Wildman–Crippen LogP) is 3.18. The molecule has 1 aromatic carbocycles. The van der Waals surface area contributed by atoms with Crippen molar-refractivity contribution in [2.45, 2.75) is 27.2 Å². The number of nitriles is 1. The second-order valence-electron chi connectivity index (χ2n) is 5.30. The summed E-state index contributed by atoms with van der Waals surface area (Å²) in [6.45, 7) is 5.78. The molecule has 1 aromatic heterocycles. The van der Waals surface area contributed by atoms with E-state index >= 15 is 0 Å². The zero-order valence-electron chi connectivity index (χ0n) is 13.6. The molecule has 0 atom stereocenters. The van der Waals surface area contributed by atoms with Crippen molar-refractivity contribution >= 4 is 17.3 Å². The Morgan fingerprint density at radius 3 is 2.70 bits per heavy atom. The van der Waals surface area contributed by atoms with Crippen LogP contribution in [0.1, 0.15) is 29.4 Å². The fourth-order valence-electron chi connectivity index (χ4n) is 2.43. The summed E-state index contributed by atoms with van der Waals surface area (Å²) in [6.07, 6.45) is 0.852. The van der Waals surface area contributed by atoms with Crippen LogP contribution in [-0.4, -0.2) is 17.4 Å². The van der Waals surface area contributed by atoms with Gasteiger partial charge in [0, 0.05) is 11.4 Å². The third-order valence-electron chi connectivity index (χ3n) is 3.55. The van der Waals surface area contributed by atoms with E-state index in [0.29, 0.717) is 16.9 Å². The summed E-state index contributed by atoms with van der Waals surface area (Å²) in [6, 6.07) is 11.6. The van der Waals surface area contributed by atoms with E-state index in [2.05, 4.69) is 21.7 Å². The molecule has 118 valence electrons. The van der Waals surface area contributed by atoms with Crippen molar-refractivity contribution in [3.63, 3.8) is 0 Å². The highest BCUT2D eigenvalue weighted by Crippen LogP contribution is 2.19. The fraction of sp³-hybridized carbons (Fsp3) is 0.278. The van der Waals surface area contributed by atoms with Gasteiger partial charge in [0.2, 0.25) is 5.91 Å². The number of aryl methyl sites for hydroxylation is 3. The van der Waals surface area contributed by atoms with Crippen molar-refractivity contribution < 1.29 is 4.79 Å². The number of amides is 1. The lowest BCUT2D eigenvalue weighted by atomic mass is 10.1. The van der Waals surface area contributed by atoms with Gasteiger partial charge >= 0.3 is 0 Å². The Balaban J connectivity index is 2.07. The van der Waals surface area contributed by atoms with Crippen LogP contribution in [0.5, 0.6) is 0 Å². The molecule has 0 saturated heterocycles. The maximum absolute atomic E-state index is 12.2. The number of carbonyl (C=O) groups is 1. The molecule has 2 rings (SSSR count). The van der Waals surface area contributed by atoms with Crippen LogP contribution in [0, 0.1) is 25.2 Å². The van der Waals surface area contributed by atoms with Gasteiger partial charge in [-0.05, 0) is 38.0 Å². The van der Waals surface area contributed by atoms with E-state index in [4.69, 9.17) is 0 Å². The predicted molar refractivity (Wildman–Crippen MR) is 91.4 cm³/mol. The lowest BCUT2D eigenvalue weighted by Gasteiger charge is -2.12. The maximum Gasteiger partial charge on any atom is 0.243 e. The van der Waals surface area contributed by atoms with Gasteiger partial charge in [0.25, 0.3) is 0 Å². The quantitative estimate of drug-likeness (QED) is 0.889. The molecule has 2 N–H and O–H groups in total. The molecule has 5 nitrogen and oxygen atoms in total. The Kier molecular flexibility index (Phi) is 5.32. The average Bonchev–Trinajstić information content (AvgIpc) is 2.53. The molecule has 0 bridgehead atoms. The number of nitrogens with zero attached hydrogens (tertiary/aromatic N) is 2. The van der Waals surface area contributed by atoms with Crippen LogP contribution < -0.4 is 10.6 Å². The molecule has 0 aliphatic carbocycles. The molecule has 5 heteroatoms. The first-order chi connectivity index (χ1) is 11.0. The van der Waals surface area contributed by atoms with E-state index in [9.17, 15) is 10.1 Å². The Labute approximate surface area is 136 Å². The SMILES string of the molecule is CCc1ccccc1NC(=O)CNc1cc(C)nc(C)c1C#N. The average molecular weight is 308 g/mol. The van der Waals surface area contributed by atoms with Crippen LogP contribution in [0.3, 0.4) is 0 Å². The molecule has 1 amide bonds. The van der Waals surface area contributed by atoms with Gasteiger partial charge in [-0.15, -0.1) is 0 Å². The Hall–Kier alpha value is -2.87. The minimum Gasteiger partial charge on any atom is -0.375 e. The molecule has 0 spiro atoms. The summed E-state index contributed by atoms with van der Waals surface area (Å²) in [4.78, 5) is 16.4. The first-order valence-corrected chi connectivity index (χ1v) is 7.55. The van der Waals surface area contributed by atoms with Crippen LogP contribution >= 0.6 is 0 Å². The monoisotopic (exact) mass is 308 g/mol. The Bertz CT molecular complexity index is 762. The third-order valence-corrected chi connectivity index (χ3v) is 3.55. The molecule has 0 aliphatic rings. The number of carbonyl (C=O) groups excluding carboxylic acids is 1. The minimum atomic E-state index is -0.151. The van der Waals surface area contributed by atoms with Crippen molar-refractivity contribution in [3.05, 3.63) is 52.8 Å². The van der Waals surface area contributed by atoms with Crippen molar-refractivity contribution in [2.75, 3.05) is 17.2 Å². The zero-order valence-corrected chi connectivity index (χ0v) is 13.6. The molecule has 0 aliphatic heterocycles. The van der Waals surface area contributed by atoms with E-state index in [1.54, 1.807) is 13.0 Å². The Morgan fingerprint density at radius 1 is 1.26 bits per heavy atom. The highest BCUT2D eigenvalue weighted by molar-refractivity contribution is 5.94. The highest BCUT2D eigenvalue weighted by Gasteiger charge is 2.10. The number of hydrogen-bond acceptors (Lipinski definition) is 4. The number of rotatable bonds is 5. The number of hydrogen-bond donors (Lipinski definition) is 2. The first kappa shape index (κ1) is 16.5. The van der Waals surface area contributed by atoms with E-state index in [1.807, 2.05) is 38.1 Å². The summed E-state index contributed by atoms with van der Waals surface area (Å²) in [5.41, 5.74) is 4.49. The summed E-state index contributed by atoms with van der Waals surface area (Å²) in [5.74, 6) is -0.151. The lowest BCUT2D eigenvalue weighted by molar-refractivity contribution is -0.114. The van der Waals surface area contributed by atoms with E-state index in [-0.39, 0.29) is 12.5 Å². The van der Waals surface area contributed by atoms with Crippen molar-refractivity contribution in [2.24, 2.45) is 0 Å².